The fraction of sp³-hybridized carbons (Fsp3) is 0.625. The van der Waals surface area contributed by atoms with E-state index in [4.69, 9.17) is 9.47 Å². The van der Waals surface area contributed by atoms with Crippen molar-refractivity contribution in [3.8, 4) is 5.75 Å². The van der Waals surface area contributed by atoms with Crippen LogP contribution in [0.2, 0.25) is 0 Å². The number of ether oxygens (including phenoxy) is 2. The quantitative estimate of drug-likeness (QED) is 0.755. The lowest BCUT2D eigenvalue weighted by atomic mass is 10.0. The average Bonchev–Trinajstić information content (AvgIpc) is 2.45. The second-order valence-corrected chi connectivity index (χ2v) is 4.86. The Morgan fingerprint density at radius 3 is 2.65 bits per heavy atom. The Morgan fingerprint density at radius 1 is 1.30 bits per heavy atom. The first-order valence-electron chi connectivity index (χ1n) is 7.30. The number of nitrogens with one attached hydrogen (secondary N) is 1. The number of methoxy groups -OCH3 is 1. The number of hydrogen-bond acceptors (Lipinski definition) is 3. The summed E-state index contributed by atoms with van der Waals surface area (Å²) in [6.07, 6.45) is 1.66. The number of hydrogen-bond donors (Lipinski definition) is 1. The number of rotatable bonds is 9. The fourth-order valence-electron chi connectivity index (χ4n) is 2.22. The molecule has 0 heterocycles. The summed E-state index contributed by atoms with van der Waals surface area (Å²) in [7, 11) is 1.48. The summed E-state index contributed by atoms with van der Waals surface area (Å²) in [4.78, 5) is 0. The second-order valence-electron chi connectivity index (χ2n) is 4.86. The van der Waals surface area contributed by atoms with Crippen molar-refractivity contribution in [2.45, 2.75) is 45.8 Å². The van der Waals surface area contributed by atoms with Crippen molar-refractivity contribution in [1.29, 1.82) is 0 Å². The highest BCUT2D eigenvalue weighted by molar-refractivity contribution is 5.31. The lowest BCUT2D eigenvalue weighted by Gasteiger charge is -2.25. The van der Waals surface area contributed by atoms with E-state index in [0.717, 1.165) is 13.0 Å². The molecule has 1 rings (SSSR count). The Labute approximate surface area is 121 Å². The fourth-order valence-corrected chi connectivity index (χ4v) is 2.22. The van der Waals surface area contributed by atoms with Gasteiger partial charge in [0.25, 0.3) is 0 Å². The molecule has 4 heteroatoms. The van der Waals surface area contributed by atoms with Crippen LogP contribution in [-0.2, 0) is 11.2 Å². The van der Waals surface area contributed by atoms with E-state index < -0.39 is 0 Å². The summed E-state index contributed by atoms with van der Waals surface area (Å²) in [6.45, 7) is 7.66. The molecule has 0 radical (unpaired) electrons. The third-order valence-electron chi connectivity index (χ3n) is 3.36. The van der Waals surface area contributed by atoms with E-state index in [-0.39, 0.29) is 18.0 Å². The SMILES string of the molecule is CCCNC(Cc1cccc(OC)c1F)C(C)OCC. The van der Waals surface area contributed by atoms with Crippen LogP contribution in [0.25, 0.3) is 0 Å². The summed E-state index contributed by atoms with van der Waals surface area (Å²) in [5.41, 5.74) is 0.657. The smallest absolute Gasteiger partial charge is 0.168 e. The van der Waals surface area contributed by atoms with E-state index >= 15 is 0 Å². The highest BCUT2D eigenvalue weighted by Crippen LogP contribution is 2.22. The van der Waals surface area contributed by atoms with Crippen LogP contribution in [0.15, 0.2) is 18.2 Å². The molecule has 0 aromatic heterocycles. The molecular formula is C16H26FNO2. The molecule has 2 unspecified atom stereocenters. The van der Waals surface area contributed by atoms with Crippen LogP contribution >= 0.6 is 0 Å². The van der Waals surface area contributed by atoms with Crippen LogP contribution in [0, 0.1) is 5.82 Å². The van der Waals surface area contributed by atoms with Gasteiger partial charge in [-0.05, 0) is 44.9 Å². The third-order valence-corrected chi connectivity index (χ3v) is 3.36. The van der Waals surface area contributed by atoms with Gasteiger partial charge in [0.2, 0.25) is 0 Å². The molecular weight excluding hydrogens is 257 g/mol. The van der Waals surface area contributed by atoms with Crippen LogP contribution in [0.1, 0.15) is 32.8 Å². The zero-order valence-corrected chi connectivity index (χ0v) is 12.9. The molecule has 1 aromatic carbocycles. The Bertz CT molecular complexity index is 398. The van der Waals surface area contributed by atoms with Crippen LogP contribution in [-0.4, -0.2) is 32.4 Å². The monoisotopic (exact) mass is 283 g/mol. The first-order chi connectivity index (χ1) is 9.63. The van der Waals surface area contributed by atoms with Crippen LogP contribution < -0.4 is 10.1 Å². The van der Waals surface area contributed by atoms with Gasteiger partial charge in [0.1, 0.15) is 0 Å². The van der Waals surface area contributed by atoms with Gasteiger partial charge in [-0.1, -0.05) is 19.1 Å². The molecule has 0 spiro atoms. The highest BCUT2D eigenvalue weighted by Gasteiger charge is 2.20. The summed E-state index contributed by atoms with van der Waals surface area (Å²) >= 11 is 0. The molecule has 0 bridgehead atoms. The maximum absolute atomic E-state index is 14.2. The lowest BCUT2D eigenvalue weighted by molar-refractivity contribution is 0.0474. The minimum atomic E-state index is -0.276. The standard InChI is InChI=1S/C16H26FNO2/c1-5-10-18-14(12(3)20-6-2)11-13-8-7-9-15(19-4)16(13)17/h7-9,12,14,18H,5-6,10-11H2,1-4H3. The zero-order valence-electron chi connectivity index (χ0n) is 12.9. The molecule has 1 N–H and O–H groups in total. The van der Waals surface area contributed by atoms with E-state index in [9.17, 15) is 4.39 Å². The Hall–Kier alpha value is -1.13. The Balaban J connectivity index is 2.82. The van der Waals surface area contributed by atoms with Crippen LogP contribution in [0.4, 0.5) is 4.39 Å². The molecule has 0 aliphatic heterocycles. The van der Waals surface area contributed by atoms with E-state index in [1.165, 1.54) is 7.11 Å². The van der Waals surface area contributed by atoms with Crippen molar-refractivity contribution < 1.29 is 13.9 Å². The van der Waals surface area contributed by atoms with Crippen molar-refractivity contribution in [1.82, 2.24) is 5.32 Å². The molecule has 20 heavy (non-hydrogen) atoms. The minimum Gasteiger partial charge on any atom is -0.494 e. The average molecular weight is 283 g/mol. The Morgan fingerprint density at radius 2 is 2.05 bits per heavy atom. The molecule has 0 saturated heterocycles. The molecule has 0 aliphatic carbocycles. The predicted molar refractivity (Wildman–Crippen MR) is 79.8 cm³/mol. The van der Waals surface area contributed by atoms with Crippen LogP contribution in [0.3, 0.4) is 0 Å². The van der Waals surface area contributed by atoms with Gasteiger partial charge >= 0.3 is 0 Å². The predicted octanol–water partition coefficient (Wildman–Crippen LogP) is 3.17. The van der Waals surface area contributed by atoms with Crippen molar-refractivity contribution >= 4 is 0 Å². The van der Waals surface area contributed by atoms with Crippen molar-refractivity contribution in [2.24, 2.45) is 0 Å². The van der Waals surface area contributed by atoms with Gasteiger partial charge in [-0.25, -0.2) is 4.39 Å². The third kappa shape index (κ3) is 4.76. The Kier molecular flexibility index (Phi) is 7.55. The molecule has 114 valence electrons. The molecule has 3 nitrogen and oxygen atoms in total. The van der Waals surface area contributed by atoms with E-state index in [1.807, 2.05) is 19.9 Å². The van der Waals surface area contributed by atoms with Gasteiger partial charge in [0, 0.05) is 12.6 Å². The first-order valence-corrected chi connectivity index (χ1v) is 7.30. The maximum atomic E-state index is 14.2. The summed E-state index contributed by atoms with van der Waals surface area (Å²) in [6, 6.07) is 5.35. The number of benzene rings is 1. The first kappa shape index (κ1) is 16.9. The molecule has 2 atom stereocenters. The maximum Gasteiger partial charge on any atom is 0.168 e. The molecule has 0 aliphatic rings. The van der Waals surface area contributed by atoms with Gasteiger partial charge in [-0.2, -0.15) is 0 Å². The van der Waals surface area contributed by atoms with Gasteiger partial charge in [0.05, 0.1) is 13.2 Å². The normalized spacial score (nSPS) is 14.1. The number of halogens is 1. The van der Waals surface area contributed by atoms with E-state index in [1.54, 1.807) is 12.1 Å². The highest BCUT2D eigenvalue weighted by atomic mass is 19.1. The van der Waals surface area contributed by atoms with E-state index in [2.05, 4.69) is 12.2 Å². The summed E-state index contributed by atoms with van der Waals surface area (Å²) < 4.78 is 24.9. The summed E-state index contributed by atoms with van der Waals surface area (Å²) in [5.74, 6) is 0.0165. The van der Waals surface area contributed by atoms with Crippen molar-refractivity contribution in [3.05, 3.63) is 29.6 Å². The van der Waals surface area contributed by atoms with Crippen LogP contribution in [0.5, 0.6) is 5.75 Å². The topological polar surface area (TPSA) is 30.5 Å². The van der Waals surface area contributed by atoms with Crippen molar-refractivity contribution in [2.75, 3.05) is 20.3 Å². The van der Waals surface area contributed by atoms with Gasteiger partial charge < -0.3 is 14.8 Å². The molecule has 0 saturated carbocycles. The van der Waals surface area contributed by atoms with Gasteiger partial charge in [-0.15, -0.1) is 0 Å². The van der Waals surface area contributed by atoms with Gasteiger partial charge in [-0.3, -0.25) is 0 Å². The molecule has 0 fully saturated rings. The molecule has 0 amide bonds. The second kappa shape index (κ2) is 8.93. The minimum absolute atomic E-state index is 0.0390. The van der Waals surface area contributed by atoms with Gasteiger partial charge in [0.15, 0.2) is 11.6 Å². The largest absolute Gasteiger partial charge is 0.494 e. The zero-order chi connectivity index (χ0) is 15.0. The van der Waals surface area contributed by atoms with E-state index in [0.29, 0.717) is 24.3 Å². The summed E-state index contributed by atoms with van der Waals surface area (Å²) in [5, 5.41) is 3.43. The molecule has 1 aromatic rings. The lowest BCUT2D eigenvalue weighted by Crippen LogP contribution is -2.42. The van der Waals surface area contributed by atoms with Crippen molar-refractivity contribution in [3.63, 3.8) is 0 Å².